The summed E-state index contributed by atoms with van der Waals surface area (Å²) >= 11 is 0. The van der Waals surface area contributed by atoms with Gasteiger partial charge in [0.05, 0.1) is 12.8 Å². The van der Waals surface area contributed by atoms with Gasteiger partial charge in [-0.1, -0.05) is 0 Å². The maximum atomic E-state index is 12.1. The molecule has 2 rings (SSSR count). The van der Waals surface area contributed by atoms with Crippen molar-refractivity contribution in [2.45, 2.75) is 13.8 Å². The van der Waals surface area contributed by atoms with E-state index in [1.165, 1.54) is 7.11 Å². The lowest BCUT2D eigenvalue weighted by Crippen LogP contribution is -2.15. The summed E-state index contributed by atoms with van der Waals surface area (Å²) in [4.78, 5) is 20.4. The largest absolute Gasteiger partial charge is 0.495 e. The molecule has 3 N–H and O–H groups in total. The number of methoxy groups -OCH3 is 1. The predicted molar refractivity (Wildman–Crippen MR) is 76.9 cm³/mol. The summed E-state index contributed by atoms with van der Waals surface area (Å²) in [6.45, 7) is 3.69. The van der Waals surface area contributed by atoms with E-state index in [0.717, 1.165) is 11.4 Å². The average Bonchev–Trinajstić information content (AvgIpc) is 2.37. The first-order valence-electron chi connectivity index (χ1n) is 6.06. The lowest BCUT2D eigenvalue weighted by Gasteiger charge is -2.08. The molecule has 0 fully saturated rings. The molecule has 1 heterocycles. The van der Waals surface area contributed by atoms with E-state index in [4.69, 9.17) is 10.5 Å². The highest BCUT2D eigenvalue weighted by molar-refractivity contribution is 6.04. The second-order valence-corrected chi connectivity index (χ2v) is 4.39. The van der Waals surface area contributed by atoms with Crippen LogP contribution in [0.1, 0.15) is 21.7 Å². The number of aryl methyl sites for hydroxylation is 2. The smallest absolute Gasteiger partial charge is 0.258 e. The third-order valence-corrected chi connectivity index (χ3v) is 2.70. The Morgan fingerprint density at radius 3 is 2.40 bits per heavy atom. The topological polar surface area (TPSA) is 90.1 Å². The van der Waals surface area contributed by atoms with Crippen LogP contribution in [-0.4, -0.2) is 23.0 Å². The Morgan fingerprint density at radius 1 is 1.20 bits per heavy atom. The molecule has 0 radical (unpaired) electrons. The van der Waals surface area contributed by atoms with Gasteiger partial charge in [0, 0.05) is 17.0 Å². The summed E-state index contributed by atoms with van der Waals surface area (Å²) in [7, 11) is 1.52. The van der Waals surface area contributed by atoms with Crippen molar-refractivity contribution in [1.82, 2.24) is 9.97 Å². The van der Waals surface area contributed by atoms with Crippen LogP contribution in [0.4, 0.5) is 11.6 Å². The third-order valence-electron chi connectivity index (χ3n) is 2.70. The molecule has 0 unspecified atom stereocenters. The fourth-order valence-corrected chi connectivity index (χ4v) is 1.83. The number of aromatic nitrogens is 2. The van der Waals surface area contributed by atoms with Crippen LogP contribution in [0.15, 0.2) is 24.3 Å². The maximum absolute atomic E-state index is 12.1. The summed E-state index contributed by atoms with van der Waals surface area (Å²) in [6.07, 6.45) is 0. The van der Waals surface area contributed by atoms with Gasteiger partial charge < -0.3 is 10.5 Å². The van der Waals surface area contributed by atoms with Crippen LogP contribution < -0.4 is 15.8 Å². The number of hydrogen-bond donors (Lipinski definition) is 2. The normalized spacial score (nSPS) is 10.2. The standard InChI is InChI=1S/C14H16N4O2/c1-8-6-9(2)17-14(16-8)18-13(19)10-4-5-12(20-3)11(15)7-10/h4-7H,15H2,1-3H3,(H,16,17,18,19). The van der Waals surface area contributed by atoms with Crippen molar-refractivity contribution >= 4 is 17.5 Å². The first-order chi connectivity index (χ1) is 9.49. The SMILES string of the molecule is COc1ccc(C(=O)Nc2nc(C)cc(C)n2)cc1N. The van der Waals surface area contributed by atoms with Gasteiger partial charge in [0.25, 0.3) is 5.91 Å². The molecule has 104 valence electrons. The van der Waals surface area contributed by atoms with Crippen molar-refractivity contribution in [1.29, 1.82) is 0 Å². The number of nitrogens with one attached hydrogen (secondary N) is 1. The molecule has 0 saturated heterocycles. The molecule has 6 heteroatoms. The number of carbonyl (C=O) groups excluding carboxylic acids is 1. The van der Waals surface area contributed by atoms with Gasteiger partial charge in [0.1, 0.15) is 5.75 Å². The highest BCUT2D eigenvalue weighted by atomic mass is 16.5. The first kappa shape index (κ1) is 13.8. The Bertz CT molecular complexity index is 635. The minimum atomic E-state index is -0.315. The molecule has 0 atom stereocenters. The minimum Gasteiger partial charge on any atom is -0.495 e. The third kappa shape index (κ3) is 3.03. The van der Waals surface area contributed by atoms with Crippen LogP contribution in [-0.2, 0) is 0 Å². The summed E-state index contributed by atoms with van der Waals surface area (Å²) in [6, 6.07) is 6.66. The van der Waals surface area contributed by atoms with Crippen LogP contribution in [0, 0.1) is 13.8 Å². The van der Waals surface area contributed by atoms with E-state index in [0.29, 0.717) is 17.0 Å². The Balaban J connectivity index is 2.21. The Labute approximate surface area is 117 Å². The fourth-order valence-electron chi connectivity index (χ4n) is 1.83. The lowest BCUT2D eigenvalue weighted by atomic mass is 10.2. The van der Waals surface area contributed by atoms with Gasteiger partial charge in [0.2, 0.25) is 5.95 Å². The van der Waals surface area contributed by atoms with Gasteiger partial charge >= 0.3 is 0 Å². The van der Waals surface area contributed by atoms with Crippen molar-refractivity contribution in [3.8, 4) is 5.75 Å². The van der Waals surface area contributed by atoms with Gasteiger partial charge in [-0.15, -0.1) is 0 Å². The molecule has 0 bridgehead atoms. The van der Waals surface area contributed by atoms with Gasteiger partial charge in [0.15, 0.2) is 0 Å². The molecule has 1 aromatic carbocycles. The number of anilines is 2. The number of amides is 1. The lowest BCUT2D eigenvalue weighted by molar-refractivity contribution is 0.102. The summed E-state index contributed by atoms with van der Waals surface area (Å²) in [5.41, 5.74) is 8.19. The van der Waals surface area contributed by atoms with Crippen LogP contribution in [0.5, 0.6) is 5.75 Å². The Kier molecular flexibility index (Phi) is 3.84. The monoisotopic (exact) mass is 272 g/mol. The van der Waals surface area contributed by atoms with E-state index >= 15 is 0 Å². The quantitative estimate of drug-likeness (QED) is 0.833. The number of hydrogen-bond acceptors (Lipinski definition) is 5. The van der Waals surface area contributed by atoms with Crippen molar-refractivity contribution < 1.29 is 9.53 Å². The minimum absolute atomic E-state index is 0.280. The highest BCUT2D eigenvalue weighted by Gasteiger charge is 2.10. The molecule has 0 spiro atoms. The predicted octanol–water partition coefficient (Wildman–Crippen LogP) is 1.94. The number of nitrogens with zero attached hydrogens (tertiary/aromatic N) is 2. The molecule has 0 aliphatic heterocycles. The van der Waals surface area contributed by atoms with E-state index in [-0.39, 0.29) is 11.9 Å². The second-order valence-electron chi connectivity index (χ2n) is 4.39. The van der Waals surface area contributed by atoms with Gasteiger partial charge in [-0.25, -0.2) is 9.97 Å². The highest BCUT2D eigenvalue weighted by Crippen LogP contribution is 2.22. The summed E-state index contributed by atoms with van der Waals surface area (Å²) in [5.74, 6) is 0.496. The van der Waals surface area contributed by atoms with Crippen LogP contribution in [0.25, 0.3) is 0 Å². The maximum Gasteiger partial charge on any atom is 0.258 e. The zero-order chi connectivity index (χ0) is 14.7. The molecular weight excluding hydrogens is 256 g/mol. The molecule has 1 aromatic heterocycles. The van der Waals surface area contributed by atoms with Gasteiger partial charge in [-0.2, -0.15) is 0 Å². The Morgan fingerprint density at radius 2 is 1.85 bits per heavy atom. The number of carbonyl (C=O) groups is 1. The zero-order valence-electron chi connectivity index (χ0n) is 11.6. The number of nitrogens with two attached hydrogens (primary N) is 1. The molecule has 0 saturated carbocycles. The van der Waals surface area contributed by atoms with Crippen molar-refractivity contribution in [2.24, 2.45) is 0 Å². The zero-order valence-corrected chi connectivity index (χ0v) is 11.6. The van der Waals surface area contributed by atoms with E-state index in [2.05, 4.69) is 15.3 Å². The van der Waals surface area contributed by atoms with Crippen molar-refractivity contribution in [3.05, 3.63) is 41.2 Å². The van der Waals surface area contributed by atoms with E-state index in [9.17, 15) is 4.79 Å². The van der Waals surface area contributed by atoms with E-state index in [1.807, 2.05) is 19.9 Å². The molecule has 0 aliphatic carbocycles. The van der Waals surface area contributed by atoms with Crippen molar-refractivity contribution in [3.63, 3.8) is 0 Å². The fraction of sp³-hybridized carbons (Fsp3) is 0.214. The van der Waals surface area contributed by atoms with Crippen molar-refractivity contribution in [2.75, 3.05) is 18.2 Å². The Hall–Kier alpha value is -2.63. The molecule has 6 nitrogen and oxygen atoms in total. The summed E-state index contributed by atoms with van der Waals surface area (Å²) in [5, 5.41) is 2.65. The molecular formula is C14H16N4O2. The number of benzene rings is 1. The molecule has 1 amide bonds. The summed E-state index contributed by atoms with van der Waals surface area (Å²) < 4.78 is 5.05. The van der Waals surface area contributed by atoms with E-state index < -0.39 is 0 Å². The second kappa shape index (κ2) is 5.56. The number of nitrogen functional groups attached to an aromatic ring is 1. The van der Waals surface area contributed by atoms with Crippen LogP contribution in [0.2, 0.25) is 0 Å². The number of ether oxygens (including phenoxy) is 1. The average molecular weight is 272 g/mol. The molecule has 20 heavy (non-hydrogen) atoms. The number of rotatable bonds is 3. The van der Waals surface area contributed by atoms with Crippen LogP contribution in [0.3, 0.4) is 0 Å². The molecule has 2 aromatic rings. The van der Waals surface area contributed by atoms with E-state index in [1.54, 1.807) is 18.2 Å². The van der Waals surface area contributed by atoms with Crippen LogP contribution >= 0.6 is 0 Å². The first-order valence-corrected chi connectivity index (χ1v) is 6.06. The van der Waals surface area contributed by atoms with Gasteiger partial charge in [-0.3, -0.25) is 10.1 Å². The molecule has 0 aliphatic rings. The van der Waals surface area contributed by atoms with Gasteiger partial charge in [-0.05, 0) is 38.1 Å².